The third-order valence-corrected chi connectivity index (χ3v) is 2.70. The summed E-state index contributed by atoms with van der Waals surface area (Å²) in [6.45, 7) is 0.567. The monoisotopic (exact) mass is 240 g/mol. The van der Waals surface area contributed by atoms with Crippen LogP contribution in [-0.4, -0.2) is 6.29 Å². The lowest BCUT2D eigenvalue weighted by atomic mass is 10.1. The van der Waals surface area contributed by atoms with Crippen molar-refractivity contribution in [2.75, 3.05) is 0 Å². The quantitative estimate of drug-likeness (QED) is 0.723. The zero-order chi connectivity index (χ0) is 12.6. The number of rotatable bonds is 6. The first-order valence-corrected chi connectivity index (χ1v) is 6.08. The number of aldehydes is 1. The minimum atomic E-state index is 0.558. The van der Waals surface area contributed by atoms with Gasteiger partial charge in [-0.05, 0) is 29.7 Å². The first-order chi connectivity index (χ1) is 8.88. The number of carbonyl (C=O) groups is 1. The highest BCUT2D eigenvalue weighted by molar-refractivity contribution is 5.50. The van der Waals surface area contributed by atoms with Crippen molar-refractivity contribution in [2.24, 2.45) is 0 Å². The maximum atomic E-state index is 10.3. The number of hydrogen-bond acceptors (Lipinski definition) is 2. The van der Waals surface area contributed by atoms with Crippen LogP contribution >= 0.6 is 0 Å². The molecule has 0 aliphatic heterocycles. The van der Waals surface area contributed by atoms with Crippen molar-refractivity contribution in [1.29, 1.82) is 0 Å². The van der Waals surface area contributed by atoms with E-state index in [1.165, 1.54) is 0 Å². The van der Waals surface area contributed by atoms with E-state index in [0.717, 1.165) is 29.6 Å². The molecular weight excluding hydrogens is 224 g/mol. The van der Waals surface area contributed by atoms with Crippen LogP contribution in [0.3, 0.4) is 0 Å². The maximum absolute atomic E-state index is 10.3. The van der Waals surface area contributed by atoms with Gasteiger partial charge in [-0.2, -0.15) is 0 Å². The molecule has 0 fully saturated rings. The van der Waals surface area contributed by atoms with Gasteiger partial charge >= 0.3 is 0 Å². The van der Waals surface area contributed by atoms with Gasteiger partial charge in [0, 0.05) is 6.42 Å². The van der Waals surface area contributed by atoms with Crippen LogP contribution in [0.15, 0.2) is 54.6 Å². The van der Waals surface area contributed by atoms with Crippen LogP contribution in [0.2, 0.25) is 0 Å². The molecule has 2 heteroatoms. The molecule has 0 heterocycles. The topological polar surface area (TPSA) is 26.3 Å². The van der Waals surface area contributed by atoms with Crippen molar-refractivity contribution < 1.29 is 9.53 Å². The van der Waals surface area contributed by atoms with Gasteiger partial charge in [-0.1, -0.05) is 42.5 Å². The van der Waals surface area contributed by atoms with Gasteiger partial charge in [0.25, 0.3) is 0 Å². The molecule has 2 nitrogen and oxygen atoms in total. The van der Waals surface area contributed by atoms with Gasteiger partial charge in [0.15, 0.2) is 0 Å². The second-order valence-corrected chi connectivity index (χ2v) is 4.13. The average Bonchev–Trinajstić information content (AvgIpc) is 2.44. The zero-order valence-corrected chi connectivity index (χ0v) is 10.2. The Morgan fingerprint density at radius 3 is 2.50 bits per heavy atom. The first-order valence-electron chi connectivity index (χ1n) is 6.08. The summed E-state index contributed by atoms with van der Waals surface area (Å²) in [5, 5.41) is 0. The van der Waals surface area contributed by atoms with Gasteiger partial charge in [-0.15, -0.1) is 0 Å². The van der Waals surface area contributed by atoms with Crippen LogP contribution in [0.5, 0.6) is 5.75 Å². The second-order valence-electron chi connectivity index (χ2n) is 4.13. The average molecular weight is 240 g/mol. The van der Waals surface area contributed by atoms with E-state index >= 15 is 0 Å². The lowest BCUT2D eigenvalue weighted by molar-refractivity contribution is -0.107. The molecule has 2 rings (SSSR count). The summed E-state index contributed by atoms with van der Waals surface area (Å²) in [7, 11) is 0. The van der Waals surface area contributed by atoms with Crippen LogP contribution in [0.4, 0.5) is 0 Å². The predicted molar refractivity (Wildman–Crippen MR) is 71.6 cm³/mol. The van der Waals surface area contributed by atoms with Gasteiger partial charge in [0.1, 0.15) is 18.6 Å². The molecule has 0 amide bonds. The number of benzene rings is 2. The van der Waals surface area contributed by atoms with Gasteiger partial charge in [-0.3, -0.25) is 0 Å². The number of aryl methyl sites for hydroxylation is 1. The van der Waals surface area contributed by atoms with E-state index in [4.69, 9.17) is 4.74 Å². The molecule has 0 spiro atoms. The largest absolute Gasteiger partial charge is 0.489 e. The predicted octanol–water partition coefficient (Wildman–Crippen LogP) is 3.40. The standard InChI is InChI=1S/C16H16O2/c17-11-5-9-14-8-4-10-16(12-14)18-13-15-6-2-1-3-7-15/h1-4,6-8,10-12H,5,9,13H2. The molecular formula is C16H16O2. The van der Waals surface area contributed by atoms with Crippen molar-refractivity contribution in [3.63, 3.8) is 0 Å². The van der Waals surface area contributed by atoms with E-state index in [9.17, 15) is 4.79 Å². The van der Waals surface area contributed by atoms with Crippen molar-refractivity contribution in [2.45, 2.75) is 19.4 Å². The summed E-state index contributed by atoms with van der Waals surface area (Å²) in [4.78, 5) is 10.3. The van der Waals surface area contributed by atoms with E-state index < -0.39 is 0 Å². The number of carbonyl (C=O) groups excluding carboxylic acids is 1. The highest BCUT2D eigenvalue weighted by Gasteiger charge is 1.98. The van der Waals surface area contributed by atoms with Crippen molar-refractivity contribution in [3.05, 3.63) is 65.7 Å². The smallest absolute Gasteiger partial charge is 0.120 e. The van der Waals surface area contributed by atoms with E-state index in [2.05, 4.69) is 0 Å². The Morgan fingerprint density at radius 2 is 1.72 bits per heavy atom. The summed E-state index contributed by atoms with van der Waals surface area (Å²) in [5.74, 6) is 0.849. The molecule has 0 aliphatic rings. The maximum Gasteiger partial charge on any atom is 0.120 e. The summed E-state index contributed by atoms with van der Waals surface area (Å²) in [5.41, 5.74) is 2.28. The Labute approximate surface area is 107 Å². The van der Waals surface area contributed by atoms with Crippen LogP contribution < -0.4 is 4.74 Å². The van der Waals surface area contributed by atoms with Crippen LogP contribution in [-0.2, 0) is 17.8 Å². The fraction of sp³-hybridized carbons (Fsp3) is 0.188. The van der Waals surface area contributed by atoms with Crippen molar-refractivity contribution in [1.82, 2.24) is 0 Å². The third kappa shape index (κ3) is 3.74. The molecule has 0 aliphatic carbocycles. The SMILES string of the molecule is O=CCCc1cccc(OCc2ccccc2)c1. The Hall–Kier alpha value is -2.09. The van der Waals surface area contributed by atoms with Gasteiger partial charge in [0.05, 0.1) is 0 Å². The van der Waals surface area contributed by atoms with Crippen molar-refractivity contribution in [3.8, 4) is 5.75 Å². The molecule has 92 valence electrons. The van der Waals surface area contributed by atoms with Gasteiger partial charge < -0.3 is 9.53 Å². The van der Waals surface area contributed by atoms with Gasteiger partial charge in [0.2, 0.25) is 0 Å². The molecule has 2 aromatic rings. The summed E-state index contributed by atoms with van der Waals surface area (Å²) < 4.78 is 5.72. The van der Waals surface area contributed by atoms with Crippen LogP contribution in [0.1, 0.15) is 17.5 Å². The zero-order valence-electron chi connectivity index (χ0n) is 10.2. The normalized spacial score (nSPS) is 10.0. The second kappa shape index (κ2) is 6.60. The Morgan fingerprint density at radius 1 is 0.944 bits per heavy atom. The molecule has 0 atom stereocenters. The summed E-state index contributed by atoms with van der Waals surface area (Å²) >= 11 is 0. The molecule has 0 aromatic heterocycles. The highest BCUT2D eigenvalue weighted by Crippen LogP contribution is 2.16. The fourth-order valence-electron chi connectivity index (χ4n) is 1.76. The Bertz CT molecular complexity index is 491. The Kier molecular flexibility index (Phi) is 4.53. The summed E-state index contributed by atoms with van der Waals surface area (Å²) in [6.07, 6.45) is 2.27. The molecule has 0 bridgehead atoms. The molecule has 2 aromatic carbocycles. The van der Waals surface area contributed by atoms with E-state index in [0.29, 0.717) is 13.0 Å². The van der Waals surface area contributed by atoms with E-state index in [1.807, 2.05) is 54.6 Å². The molecule has 0 unspecified atom stereocenters. The molecule has 0 saturated carbocycles. The fourth-order valence-corrected chi connectivity index (χ4v) is 1.76. The minimum Gasteiger partial charge on any atom is -0.489 e. The lowest BCUT2D eigenvalue weighted by Crippen LogP contribution is -1.95. The molecule has 0 saturated heterocycles. The third-order valence-electron chi connectivity index (χ3n) is 2.70. The Balaban J connectivity index is 1.95. The van der Waals surface area contributed by atoms with E-state index in [-0.39, 0.29) is 0 Å². The molecule has 0 N–H and O–H groups in total. The lowest BCUT2D eigenvalue weighted by Gasteiger charge is -2.07. The number of ether oxygens (including phenoxy) is 1. The van der Waals surface area contributed by atoms with Gasteiger partial charge in [-0.25, -0.2) is 0 Å². The number of hydrogen-bond donors (Lipinski definition) is 0. The first kappa shape index (κ1) is 12.4. The van der Waals surface area contributed by atoms with Crippen LogP contribution in [0.25, 0.3) is 0 Å². The van der Waals surface area contributed by atoms with Crippen LogP contribution in [0, 0.1) is 0 Å². The molecule has 0 radical (unpaired) electrons. The highest BCUT2D eigenvalue weighted by atomic mass is 16.5. The van der Waals surface area contributed by atoms with Crippen molar-refractivity contribution >= 4 is 6.29 Å². The summed E-state index contributed by atoms with van der Waals surface area (Å²) in [6, 6.07) is 18.0. The van der Waals surface area contributed by atoms with E-state index in [1.54, 1.807) is 0 Å². The minimum absolute atomic E-state index is 0.558. The molecule has 18 heavy (non-hydrogen) atoms.